The highest BCUT2D eigenvalue weighted by molar-refractivity contribution is 6.07. The Bertz CT molecular complexity index is 924. The second kappa shape index (κ2) is 9.71. The van der Waals surface area contributed by atoms with Gasteiger partial charge in [0.15, 0.2) is 0 Å². The van der Waals surface area contributed by atoms with Gasteiger partial charge in [-0.15, -0.1) is 0 Å². The van der Waals surface area contributed by atoms with Crippen LogP contribution in [-0.2, 0) is 22.6 Å². The number of rotatable bonds is 8. The van der Waals surface area contributed by atoms with Crippen LogP contribution < -0.4 is 4.74 Å². The first-order valence-electron chi connectivity index (χ1n) is 11.1. The van der Waals surface area contributed by atoms with Crippen molar-refractivity contribution in [2.45, 2.75) is 31.5 Å². The van der Waals surface area contributed by atoms with E-state index in [-0.39, 0.29) is 18.5 Å². The number of urea groups is 1. The number of nitrogens with zero attached hydrogens (tertiary/aromatic N) is 3. The summed E-state index contributed by atoms with van der Waals surface area (Å²) in [5, 5.41) is 0. The number of piperidine rings is 1. The largest absolute Gasteiger partial charge is 0.497 e. The van der Waals surface area contributed by atoms with Crippen molar-refractivity contribution in [3.05, 3.63) is 65.7 Å². The van der Waals surface area contributed by atoms with E-state index in [1.54, 1.807) is 19.1 Å². The van der Waals surface area contributed by atoms with E-state index in [0.717, 1.165) is 30.9 Å². The molecule has 0 aromatic heterocycles. The number of hydrogen-bond donors (Lipinski definition) is 0. The number of benzene rings is 2. The molecule has 0 unspecified atom stereocenters. The number of likely N-dealkylation sites (tertiary alicyclic amines) is 1. The SMILES string of the molecule is COCCN1C(=O)N(Cc2ccccc2)C2(CCN(Cc3ccc(OC)cc3)CC2)C1=O. The molecule has 4 rings (SSSR count). The highest BCUT2D eigenvalue weighted by Gasteiger charge is 2.57. The van der Waals surface area contributed by atoms with Gasteiger partial charge in [0.2, 0.25) is 0 Å². The Kier molecular flexibility index (Phi) is 6.77. The van der Waals surface area contributed by atoms with E-state index in [1.165, 1.54) is 10.5 Å². The van der Waals surface area contributed by atoms with Crippen LogP contribution in [0.25, 0.3) is 0 Å². The van der Waals surface area contributed by atoms with E-state index in [1.807, 2.05) is 42.5 Å². The smallest absolute Gasteiger partial charge is 0.328 e. The molecule has 0 aliphatic carbocycles. The first kappa shape index (κ1) is 22.3. The van der Waals surface area contributed by atoms with Crippen molar-refractivity contribution in [1.29, 1.82) is 0 Å². The monoisotopic (exact) mass is 437 g/mol. The molecule has 2 fully saturated rings. The summed E-state index contributed by atoms with van der Waals surface area (Å²) in [6.45, 7) is 3.40. The number of methoxy groups -OCH3 is 2. The van der Waals surface area contributed by atoms with E-state index in [4.69, 9.17) is 9.47 Å². The lowest BCUT2D eigenvalue weighted by Crippen LogP contribution is -2.56. The Hall–Kier alpha value is -2.90. The minimum absolute atomic E-state index is 0.0837. The maximum atomic E-state index is 13.5. The van der Waals surface area contributed by atoms with Crippen molar-refractivity contribution in [3.63, 3.8) is 0 Å². The lowest BCUT2D eigenvalue weighted by atomic mass is 9.85. The molecule has 3 amide bonds. The molecular formula is C25H31N3O4. The predicted octanol–water partition coefficient (Wildman–Crippen LogP) is 3.14. The van der Waals surface area contributed by atoms with Gasteiger partial charge < -0.3 is 14.4 Å². The topological polar surface area (TPSA) is 62.3 Å². The molecule has 0 bridgehead atoms. The Balaban J connectivity index is 1.50. The first-order valence-corrected chi connectivity index (χ1v) is 11.1. The minimum atomic E-state index is -0.781. The Morgan fingerprint density at radius 2 is 1.53 bits per heavy atom. The number of carbonyl (C=O) groups excluding carboxylic acids is 2. The maximum absolute atomic E-state index is 13.5. The summed E-state index contributed by atoms with van der Waals surface area (Å²) < 4.78 is 10.4. The number of ether oxygens (including phenoxy) is 2. The standard InChI is InChI=1S/C25H31N3O4/c1-31-17-16-27-23(29)25(28(24(27)30)19-20-6-4-3-5-7-20)12-14-26(15-13-25)18-21-8-10-22(32-2)11-9-21/h3-11H,12-19H2,1-2H3. The van der Waals surface area contributed by atoms with Gasteiger partial charge >= 0.3 is 6.03 Å². The fourth-order valence-electron chi connectivity index (χ4n) is 4.70. The Labute approximate surface area is 189 Å². The third-order valence-electron chi connectivity index (χ3n) is 6.57. The van der Waals surface area contributed by atoms with Crippen molar-refractivity contribution in [2.24, 2.45) is 0 Å². The zero-order valence-electron chi connectivity index (χ0n) is 18.8. The molecule has 32 heavy (non-hydrogen) atoms. The summed E-state index contributed by atoms with van der Waals surface area (Å²) in [7, 11) is 3.25. The molecule has 0 saturated carbocycles. The van der Waals surface area contributed by atoms with Gasteiger partial charge in [-0.05, 0) is 36.1 Å². The van der Waals surface area contributed by atoms with Crippen LogP contribution in [-0.4, -0.2) is 72.6 Å². The van der Waals surface area contributed by atoms with Crippen molar-refractivity contribution in [2.75, 3.05) is 40.5 Å². The van der Waals surface area contributed by atoms with Gasteiger partial charge in [-0.3, -0.25) is 14.6 Å². The number of hydrogen-bond acceptors (Lipinski definition) is 5. The summed E-state index contributed by atoms with van der Waals surface area (Å²) in [6.07, 6.45) is 1.26. The van der Waals surface area contributed by atoms with Crippen LogP contribution in [0.1, 0.15) is 24.0 Å². The number of amides is 3. The molecule has 7 heteroatoms. The molecule has 2 aromatic rings. The van der Waals surface area contributed by atoms with Gasteiger partial charge in [-0.25, -0.2) is 4.79 Å². The third kappa shape index (κ3) is 4.36. The van der Waals surface area contributed by atoms with Gasteiger partial charge in [-0.1, -0.05) is 42.5 Å². The summed E-state index contributed by atoms with van der Waals surface area (Å²) in [4.78, 5) is 32.3. The van der Waals surface area contributed by atoms with Gasteiger partial charge in [0.05, 0.1) is 20.3 Å². The van der Waals surface area contributed by atoms with Crippen LogP contribution in [0.4, 0.5) is 4.79 Å². The fraction of sp³-hybridized carbons (Fsp3) is 0.440. The molecule has 2 aliphatic heterocycles. The Morgan fingerprint density at radius 1 is 0.875 bits per heavy atom. The fourth-order valence-corrected chi connectivity index (χ4v) is 4.70. The van der Waals surface area contributed by atoms with E-state index < -0.39 is 5.54 Å². The van der Waals surface area contributed by atoms with Gasteiger partial charge in [0.1, 0.15) is 11.3 Å². The van der Waals surface area contributed by atoms with Gasteiger partial charge in [0.25, 0.3) is 5.91 Å². The first-order chi connectivity index (χ1) is 15.6. The van der Waals surface area contributed by atoms with E-state index >= 15 is 0 Å². The van der Waals surface area contributed by atoms with Crippen LogP contribution >= 0.6 is 0 Å². The second-order valence-electron chi connectivity index (χ2n) is 8.46. The van der Waals surface area contributed by atoms with Crippen LogP contribution in [0.2, 0.25) is 0 Å². The summed E-state index contributed by atoms with van der Waals surface area (Å²) in [5.74, 6) is 0.758. The molecule has 7 nitrogen and oxygen atoms in total. The molecule has 170 valence electrons. The van der Waals surface area contributed by atoms with E-state index in [0.29, 0.717) is 26.0 Å². The molecule has 0 radical (unpaired) electrons. The lowest BCUT2D eigenvalue weighted by molar-refractivity contribution is -0.136. The van der Waals surface area contributed by atoms with Crippen LogP contribution in [0.5, 0.6) is 5.75 Å². The molecular weight excluding hydrogens is 406 g/mol. The molecule has 2 saturated heterocycles. The number of carbonyl (C=O) groups is 2. The summed E-state index contributed by atoms with van der Waals surface area (Å²) in [5.41, 5.74) is 1.46. The van der Waals surface area contributed by atoms with Crippen molar-refractivity contribution >= 4 is 11.9 Å². The molecule has 2 aromatic carbocycles. The normalized spacial score (nSPS) is 18.6. The minimum Gasteiger partial charge on any atom is -0.497 e. The van der Waals surface area contributed by atoms with E-state index in [9.17, 15) is 9.59 Å². The van der Waals surface area contributed by atoms with Crippen LogP contribution in [0, 0.1) is 0 Å². The molecule has 2 aliphatic rings. The quantitative estimate of drug-likeness (QED) is 0.594. The predicted molar refractivity (Wildman–Crippen MR) is 121 cm³/mol. The zero-order chi connectivity index (χ0) is 22.6. The molecule has 2 heterocycles. The Morgan fingerprint density at radius 3 is 2.16 bits per heavy atom. The zero-order valence-corrected chi connectivity index (χ0v) is 18.8. The number of imide groups is 1. The van der Waals surface area contributed by atoms with Crippen molar-refractivity contribution in [3.8, 4) is 5.75 Å². The maximum Gasteiger partial charge on any atom is 0.328 e. The molecule has 1 spiro atoms. The third-order valence-corrected chi connectivity index (χ3v) is 6.57. The van der Waals surface area contributed by atoms with E-state index in [2.05, 4.69) is 17.0 Å². The van der Waals surface area contributed by atoms with Gasteiger partial charge in [-0.2, -0.15) is 0 Å². The lowest BCUT2D eigenvalue weighted by Gasteiger charge is -2.42. The van der Waals surface area contributed by atoms with Crippen LogP contribution in [0.3, 0.4) is 0 Å². The highest BCUT2D eigenvalue weighted by atomic mass is 16.5. The average molecular weight is 438 g/mol. The summed E-state index contributed by atoms with van der Waals surface area (Å²) in [6, 6.07) is 17.8. The van der Waals surface area contributed by atoms with Crippen molar-refractivity contribution in [1.82, 2.24) is 14.7 Å². The molecule has 0 atom stereocenters. The second-order valence-corrected chi connectivity index (χ2v) is 8.46. The van der Waals surface area contributed by atoms with Crippen LogP contribution in [0.15, 0.2) is 54.6 Å². The molecule has 0 N–H and O–H groups in total. The average Bonchev–Trinajstić information content (AvgIpc) is 3.01. The highest BCUT2D eigenvalue weighted by Crippen LogP contribution is 2.38. The van der Waals surface area contributed by atoms with Crippen molar-refractivity contribution < 1.29 is 19.1 Å². The van der Waals surface area contributed by atoms with Gasteiger partial charge in [0, 0.05) is 33.3 Å². The summed E-state index contributed by atoms with van der Waals surface area (Å²) >= 11 is 0.